The summed E-state index contributed by atoms with van der Waals surface area (Å²) in [4.78, 5) is 46.8. The van der Waals surface area contributed by atoms with Crippen molar-refractivity contribution >= 4 is 39.9 Å². The number of nitro benzene ring substituents is 1. The maximum atomic E-state index is 12.4. The minimum Gasteiger partial charge on any atom is -0.462 e. The second kappa shape index (κ2) is 8.90. The molecular weight excluding hydrogens is 376 g/mol. The number of non-ortho nitro benzene ring substituents is 1. The summed E-state index contributed by atoms with van der Waals surface area (Å²) in [5.41, 5.74) is -0.0872. The van der Waals surface area contributed by atoms with Gasteiger partial charge in [-0.1, -0.05) is 0 Å². The van der Waals surface area contributed by atoms with E-state index in [1.807, 2.05) is 0 Å². The molecule has 0 fully saturated rings. The van der Waals surface area contributed by atoms with Crippen LogP contribution in [0.2, 0.25) is 0 Å². The molecule has 1 aromatic heterocycles. The van der Waals surface area contributed by atoms with Crippen LogP contribution in [0, 0.1) is 10.1 Å². The van der Waals surface area contributed by atoms with Crippen molar-refractivity contribution in [3.05, 3.63) is 56.5 Å². The molecule has 0 bridgehead atoms. The molecule has 1 aromatic carbocycles. The topological polar surface area (TPSA) is 125 Å². The van der Waals surface area contributed by atoms with Gasteiger partial charge in [0.25, 0.3) is 11.6 Å². The van der Waals surface area contributed by atoms with Crippen molar-refractivity contribution < 1.29 is 28.8 Å². The Hall–Kier alpha value is -3.27. The highest BCUT2D eigenvalue weighted by atomic mass is 32.1. The molecule has 0 aliphatic rings. The fourth-order valence-electron chi connectivity index (χ4n) is 2.12. The van der Waals surface area contributed by atoms with Gasteiger partial charge in [0, 0.05) is 23.1 Å². The molecule has 1 amide bonds. The Morgan fingerprint density at radius 2 is 1.67 bits per heavy atom. The van der Waals surface area contributed by atoms with Crippen LogP contribution in [0.4, 0.5) is 10.7 Å². The van der Waals surface area contributed by atoms with Crippen LogP contribution in [0.15, 0.2) is 29.6 Å². The summed E-state index contributed by atoms with van der Waals surface area (Å²) in [6, 6.07) is 4.97. The van der Waals surface area contributed by atoms with Crippen LogP contribution in [-0.4, -0.2) is 36.0 Å². The summed E-state index contributed by atoms with van der Waals surface area (Å²) < 4.78 is 9.88. The highest BCUT2D eigenvalue weighted by Gasteiger charge is 2.26. The van der Waals surface area contributed by atoms with Gasteiger partial charge in [-0.15, -0.1) is 11.3 Å². The second-order valence-electron chi connectivity index (χ2n) is 5.05. The first-order chi connectivity index (χ1) is 12.9. The lowest BCUT2D eigenvalue weighted by Gasteiger charge is -2.08. The lowest BCUT2D eigenvalue weighted by Crippen LogP contribution is -2.17. The van der Waals surface area contributed by atoms with E-state index in [1.165, 1.54) is 29.6 Å². The molecule has 10 heteroatoms. The number of nitrogens with zero attached hydrogens (tertiary/aromatic N) is 1. The number of nitro groups is 1. The normalized spacial score (nSPS) is 10.1. The zero-order valence-corrected chi connectivity index (χ0v) is 15.3. The van der Waals surface area contributed by atoms with Crippen molar-refractivity contribution in [2.24, 2.45) is 0 Å². The minimum atomic E-state index is -0.763. The van der Waals surface area contributed by atoms with E-state index in [0.29, 0.717) is 0 Å². The summed E-state index contributed by atoms with van der Waals surface area (Å²) in [5.74, 6) is -2.05. The van der Waals surface area contributed by atoms with E-state index in [0.717, 1.165) is 11.3 Å². The van der Waals surface area contributed by atoms with Crippen molar-refractivity contribution in [1.29, 1.82) is 0 Å². The number of hydrogen-bond donors (Lipinski definition) is 1. The first-order valence-electron chi connectivity index (χ1n) is 7.90. The molecule has 27 heavy (non-hydrogen) atoms. The molecule has 2 aromatic rings. The average molecular weight is 392 g/mol. The zero-order valence-electron chi connectivity index (χ0n) is 14.5. The molecule has 0 saturated carbocycles. The van der Waals surface area contributed by atoms with Gasteiger partial charge in [-0.2, -0.15) is 0 Å². The maximum Gasteiger partial charge on any atom is 0.342 e. The van der Waals surface area contributed by atoms with Gasteiger partial charge in [-0.3, -0.25) is 14.9 Å². The number of esters is 2. The van der Waals surface area contributed by atoms with E-state index in [4.69, 9.17) is 9.47 Å². The predicted octanol–water partition coefficient (Wildman–Crippen LogP) is 3.26. The van der Waals surface area contributed by atoms with Crippen molar-refractivity contribution in [2.75, 3.05) is 18.5 Å². The lowest BCUT2D eigenvalue weighted by atomic mass is 10.1. The van der Waals surface area contributed by atoms with Crippen LogP contribution in [0.1, 0.15) is 44.9 Å². The van der Waals surface area contributed by atoms with Gasteiger partial charge in [-0.25, -0.2) is 9.59 Å². The van der Waals surface area contributed by atoms with Crippen LogP contribution >= 0.6 is 11.3 Å². The Morgan fingerprint density at radius 3 is 2.22 bits per heavy atom. The standard InChI is InChI=1S/C17H16N2O7S/c1-3-25-16(21)12-9-27-15(13(12)17(22)26-4-2)18-14(20)10-5-7-11(8-6-10)19(23)24/h5-9H,3-4H2,1-2H3,(H,18,20). The average Bonchev–Trinajstić information content (AvgIpc) is 3.06. The number of thiophene rings is 1. The summed E-state index contributed by atoms with van der Waals surface area (Å²) in [6.07, 6.45) is 0. The molecule has 0 aliphatic carbocycles. The van der Waals surface area contributed by atoms with Gasteiger partial charge in [0.2, 0.25) is 0 Å². The Balaban J connectivity index is 2.31. The van der Waals surface area contributed by atoms with E-state index in [2.05, 4.69) is 5.32 Å². The Labute approximate surface area is 158 Å². The van der Waals surface area contributed by atoms with Crippen molar-refractivity contribution in [3.8, 4) is 0 Å². The maximum absolute atomic E-state index is 12.4. The third-order valence-corrected chi connectivity index (χ3v) is 4.23. The molecule has 142 valence electrons. The lowest BCUT2D eigenvalue weighted by molar-refractivity contribution is -0.384. The van der Waals surface area contributed by atoms with E-state index >= 15 is 0 Å². The van der Waals surface area contributed by atoms with E-state index in [1.54, 1.807) is 13.8 Å². The van der Waals surface area contributed by atoms with Gasteiger partial charge in [0.05, 0.1) is 23.7 Å². The van der Waals surface area contributed by atoms with E-state index in [9.17, 15) is 24.5 Å². The Bertz CT molecular complexity index is 874. The molecule has 1 N–H and O–H groups in total. The molecule has 0 radical (unpaired) electrons. The third-order valence-electron chi connectivity index (χ3n) is 3.33. The molecule has 9 nitrogen and oxygen atoms in total. The van der Waals surface area contributed by atoms with Crippen molar-refractivity contribution in [3.63, 3.8) is 0 Å². The second-order valence-corrected chi connectivity index (χ2v) is 5.93. The molecule has 0 unspecified atom stereocenters. The summed E-state index contributed by atoms with van der Waals surface area (Å²) in [6.45, 7) is 3.46. The fraction of sp³-hybridized carbons (Fsp3) is 0.235. The van der Waals surface area contributed by atoms with Gasteiger partial charge < -0.3 is 14.8 Å². The summed E-state index contributed by atoms with van der Waals surface area (Å²) in [5, 5.41) is 14.7. The van der Waals surface area contributed by atoms with E-state index in [-0.39, 0.29) is 40.6 Å². The molecule has 0 aliphatic heterocycles. The summed E-state index contributed by atoms with van der Waals surface area (Å²) >= 11 is 0.974. The number of hydrogen-bond acceptors (Lipinski definition) is 8. The molecular formula is C17H16N2O7S. The number of anilines is 1. The quantitative estimate of drug-likeness (QED) is 0.435. The first-order valence-corrected chi connectivity index (χ1v) is 8.78. The first kappa shape index (κ1) is 20.0. The molecule has 0 spiro atoms. The monoisotopic (exact) mass is 392 g/mol. The highest BCUT2D eigenvalue weighted by Crippen LogP contribution is 2.30. The van der Waals surface area contributed by atoms with Crippen molar-refractivity contribution in [2.45, 2.75) is 13.8 Å². The number of carbonyl (C=O) groups is 3. The molecule has 0 saturated heterocycles. The van der Waals surface area contributed by atoms with Gasteiger partial charge >= 0.3 is 11.9 Å². The number of benzene rings is 1. The minimum absolute atomic E-state index is 0.000649. The van der Waals surface area contributed by atoms with Gasteiger partial charge in [-0.05, 0) is 26.0 Å². The SMILES string of the molecule is CCOC(=O)c1csc(NC(=O)c2ccc([N+](=O)[O-])cc2)c1C(=O)OCC. The molecule has 1 heterocycles. The summed E-state index contributed by atoms with van der Waals surface area (Å²) in [7, 11) is 0. The van der Waals surface area contributed by atoms with Crippen LogP contribution in [0.3, 0.4) is 0 Å². The van der Waals surface area contributed by atoms with Crippen LogP contribution < -0.4 is 5.32 Å². The molecule has 0 atom stereocenters. The van der Waals surface area contributed by atoms with Gasteiger partial charge in [0.1, 0.15) is 10.6 Å². The fourth-order valence-corrected chi connectivity index (χ4v) is 3.04. The largest absolute Gasteiger partial charge is 0.462 e. The number of amides is 1. The van der Waals surface area contributed by atoms with E-state index < -0.39 is 22.8 Å². The number of rotatable bonds is 7. The predicted molar refractivity (Wildman–Crippen MR) is 97.3 cm³/mol. The zero-order chi connectivity index (χ0) is 20.0. The molecule has 2 rings (SSSR count). The van der Waals surface area contributed by atoms with Crippen LogP contribution in [0.5, 0.6) is 0 Å². The highest BCUT2D eigenvalue weighted by molar-refractivity contribution is 7.15. The Morgan fingerprint density at radius 1 is 1.07 bits per heavy atom. The number of carbonyl (C=O) groups excluding carboxylic acids is 3. The van der Waals surface area contributed by atoms with Crippen LogP contribution in [0.25, 0.3) is 0 Å². The van der Waals surface area contributed by atoms with Crippen LogP contribution in [-0.2, 0) is 9.47 Å². The number of nitrogens with one attached hydrogen (secondary N) is 1. The number of ether oxygens (including phenoxy) is 2. The third kappa shape index (κ3) is 4.67. The Kier molecular flexibility index (Phi) is 6.61. The van der Waals surface area contributed by atoms with Crippen molar-refractivity contribution in [1.82, 2.24) is 0 Å². The van der Waals surface area contributed by atoms with Gasteiger partial charge in [0.15, 0.2) is 0 Å². The smallest absolute Gasteiger partial charge is 0.342 e.